The van der Waals surface area contributed by atoms with Crippen molar-refractivity contribution < 1.29 is 4.52 Å². The summed E-state index contributed by atoms with van der Waals surface area (Å²) in [6.07, 6.45) is 0. The zero-order chi connectivity index (χ0) is 18.1. The molecule has 4 aromatic rings. The Morgan fingerprint density at radius 3 is 2.77 bits per heavy atom. The first-order valence-electron chi connectivity index (χ1n) is 8.12. The topological polar surface area (TPSA) is 73.8 Å². The molecule has 1 aromatic carbocycles. The fourth-order valence-electron chi connectivity index (χ4n) is 2.57. The molecule has 130 valence electrons. The van der Waals surface area contributed by atoms with E-state index in [4.69, 9.17) is 4.52 Å². The van der Waals surface area contributed by atoms with Gasteiger partial charge in [-0.3, -0.25) is 4.79 Å². The third-order valence-electron chi connectivity index (χ3n) is 4.16. The van der Waals surface area contributed by atoms with Crippen LogP contribution in [0.2, 0.25) is 0 Å². The Morgan fingerprint density at radius 2 is 2.00 bits per heavy atom. The Kier molecular flexibility index (Phi) is 4.22. The Morgan fingerprint density at radius 1 is 1.12 bits per heavy atom. The summed E-state index contributed by atoms with van der Waals surface area (Å²) in [5.41, 5.74) is 3.87. The monoisotopic (exact) mass is 364 g/mol. The lowest BCUT2D eigenvalue weighted by atomic mass is 10.0. The van der Waals surface area contributed by atoms with E-state index < -0.39 is 0 Å². The second-order valence-corrected chi connectivity index (χ2v) is 6.95. The smallest absolute Gasteiger partial charge is 0.267 e. The molecule has 7 heteroatoms. The number of thiophene rings is 1. The largest absolute Gasteiger partial charge is 0.337 e. The van der Waals surface area contributed by atoms with Crippen molar-refractivity contribution >= 4 is 11.3 Å². The maximum Gasteiger partial charge on any atom is 0.267 e. The van der Waals surface area contributed by atoms with E-state index in [0.717, 1.165) is 16.1 Å². The predicted octanol–water partition coefficient (Wildman–Crippen LogP) is 3.69. The first kappa shape index (κ1) is 16.4. The molecule has 3 heterocycles. The molecule has 0 amide bonds. The van der Waals surface area contributed by atoms with Crippen molar-refractivity contribution in [3.63, 3.8) is 0 Å². The summed E-state index contributed by atoms with van der Waals surface area (Å²) >= 11 is 1.53. The predicted molar refractivity (Wildman–Crippen MR) is 100 cm³/mol. The van der Waals surface area contributed by atoms with Crippen LogP contribution in [0.3, 0.4) is 0 Å². The van der Waals surface area contributed by atoms with E-state index >= 15 is 0 Å². The van der Waals surface area contributed by atoms with Crippen LogP contribution in [0, 0.1) is 13.8 Å². The van der Waals surface area contributed by atoms with E-state index in [9.17, 15) is 4.79 Å². The van der Waals surface area contributed by atoms with Crippen LogP contribution >= 0.6 is 11.3 Å². The van der Waals surface area contributed by atoms with Gasteiger partial charge in [-0.15, -0.1) is 11.3 Å². The van der Waals surface area contributed by atoms with E-state index in [1.165, 1.54) is 33.2 Å². The quantitative estimate of drug-likeness (QED) is 0.552. The molecule has 0 saturated carbocycles. The number of hydrogen-bond acceptors (Lipinski definition) is 6. The van der Waals surface area contributed by atoms with Crippen LogP contribution in [0.4, 0.5) is 0 Å². The summed E-state index contributed by atoms with van der Waals surface area (Å²) < 4.78 is 6.62. The number of rotatable bonds is 4. The summed E-state index contributed by atoms with van der Waals surface area (Å²) in [5.74, 6) is 0.869. The Hall–Kier alpha value is -3.06. The van der Waals surface area contributed by atoms with E-state index in [-0.39, 0.29) is 12.1 Å². The average Bonchev–Trinajstić information content (AvgIpc) is 3.31. The molecule has 0 aliphatic rings. The van der Waals surface area contributed by atoms with Crippen molar-refractivity contribution in [2.24, 2.45) is 0 Å². The van der Waals surface area contributed by atoms with Gasteiger partial charge < -0.3 is 4.52 Å². The fourth-order valence-corrected chi connectivity index (χ4v) is 3.22. The Labute approximate surface area is 153 Å². The van der Waals surface area contributed by atoms with Gasteiger partial charge >= 0.3 is 0 Å². The zero-order valence-electron chi connectivity index (χ0n) is 14.3. The highest BCUT2D eigenvalue weighted by Crippen LogP contribution is 2.22. The van der Waals surface area contributed by atoms with Crippen molar-refractivity contribution in [2.45, 2.75) is 20.4 Å². The summed E-state index contributed by atoms with van der Waals surface area (Å²) in [4.78, 5) is 17.4. The maximum atomic E-state index is 12.2. The lowest BCUT2D eigenvalue weighted by Gasteiger charge is -2.07. The Balaban J connectivity index is 1.64. The van der Waals surface area contributed by atoms with Crippen LogP contribution in [0.5, 0.6) is 0 Å². The van der Waals surface area contributed by atoms with Gasteiger partial charge in [-0.2, -0.15) is 10.1 Å². The van der Waals surface area contributed by atoms with Crippen LogP contribution in [-0.2, 0) is 6.54 Å². The number of nitrogens with zero attached hydrogens (tertiary/aromatic N) is 4. The minimum Gasteiger partial charge on any atom is -0.337 e. The molecule has 0 N–H and O–H groups in total. The molecule has 0 aliphatic carbocycles. The minimum atomic E-state index is -0.214. The van der Waals surface area contributed by atoms with Gasteiger partial charge in [0.1, 0.15) is 6.54 Å². The molecular formula is C19H16N4O2S. The standard InChI is InChI=1S/C19H16N4O2S/c1-12-5-6-14(10-13(12)2)15-7-8-18(24)23(21-15)11-17-20-19(22-25-17)16-4-3-9-26-16/h3-10H,11H2,1-2H3. The maximum absolute atomic E-state index is 12.2. The summed E-state index contributed by atoms with van der Waals surface area (Å²) in [6.45, 7) is 4.25. The first-order valence-corrected chi connectivity index (χ1v) is 9.00. The molecule has 0 atom stereocenters. The molecule has 0 saturated heterocycles. The summed E-state index contributed by atoms with van der Waals surface area (Å²) in [7, 11) is 0. The molecule has 0 radical (unpaired) electrons. The summed E-state index contributed by atoms with van der Waals surface area (Å²) in [5, 5.41) is 10.4. The van der Waals surface area contributed by atoms with Gasteiger partial charge in [0.25, 0.3) is 5.56 Å². The SMILES string of the molecule is Cc1ccc(-c2ccc(=O)n(Cc3nc(-c4cccs4)no3)n2)cc1C. The van der Waals surface area contributed by atoms with Gasteiger partial charge in [0, 0.05) is 11.6 Å². The number of hydrogen-bond donors (Lipinski definition) is 0. The van der Waals surface area contributed by atoms with Crippen LogP contribution in [0.15, 0.2) is 57.2 Å². The van der Waals surface area contributed by atoms with E-state index in [0.29, 0.717) is 11.7 Å². The van der Waals surface area contributed by atoms with E-state index in [1.54, 1.807) is 6.07 Å². The van der Waals surface area contributed by atoms with Crippen LogP contribution in [-0.4, -0.2) is 19.9 Å². The van der Waals surface area contributed by atoms with Crippen molar-refractivity contribution in [1.82, 2.24) is 19.9 Å². The number of aromatic nitrogens is 4. The molecule has 26 heavy (non-hydrogen) atoms. The van der Waals surface area contributed by atoms with Gasteiger partial charge in [-0.05, 0) is 48.6 Å². The second kappa shape index (κ2) is 6.68. The van der Waals surface area contributed by atoms with Crippen molar-refractivity contribution in [3.8, 4) is 22.0 Å². The zero-order valence-corrected chi connectivity index (χ0v) is 15.2. The van der Waals surface area contributed by atoms with E-state index in [2.05, 4.69) is 35.2 Å². The third-order valence-corrected chi connectivity index (χ3v) is 5.03. The normalized spacial score (nSPS) is 11.0. The highest BCUT2D eigenvalue weighted by atomic mass is 32.1. The molecule has 0 aliphatic heterocycles. The third kappa shape index (κ3) is 3.21. The van der Waals surface area contributed by atoms with Gasteiger partial charge in [0.15, 0.2) is 0 Å². The van der Waals surface area contributed by atoms with Crippen LogP contribution < -0.4 is 5.56 Å². The molecule has 6 nitrogen and oxygen atoms in total. The van der Waals surface area contributed by atoms with Gasteiger partial charge in [-0.25, -0.2) is 4.68 Å². The molecule has 3 aromatic heterocycles. The van der Waals surface area contributed by atoms with Crippen molar-refractivity contribution in [3.05, 3.63) is 75.2 Å². The number of aryl methyl sites for hydroxylation is 2. The number of benzene rings is 1. The average molecular weight is 364 g/mol. The van der Waals surface area contributed by atoms with Crippen LogP contribution in [0.1, 0.15) is 17.0 Å². The van der Waals surface area contributed by atoms with E-state index in [1.807, 2.05) is 29.6 Å². The van der Waals surface area contributed by atoms with Gasteiger partial charge in [0.2, 0.25) is 11.7 Å². The lowest BCUT2D eigenvalue weighted by molar-refractivity contribution is 0.363. The highest BCUT2D eigenvalue weighted by molar-refractivity contribution is 7.13. The molecule has 0 unspecified atom stereocenters. The molecule has 0 spiro atoms. The molecule has 4 rings (SSSR count). The lowest BCUT2D eigenvalue weighted by Crippen LogP contribution is -2.23. The fraction of sp³-hybridized carbons (Fsp3) is 0.158. The second-order valence-electron chi connectivity index (χ2n) is 6.00. The van der Waals surface area contributed by atoms with Crippen molar-refractivity contribution in [2.75, 3.05) is 0 Å². The van der Waals surface area contributed by atoms with Gasteiger partial charge in [-0.1, -0.05) is 23.4 Å². The van der Waals surface area contributed by atoms with Crippen LogP contribution in [0.25, 0.3) is 22.0 Å². The minimum absolute atomic E-state index is 0.135. The molecular weight excluding hydrogens is 348 g/mol. The van der Waals surface area contributed by atoms with Gasteiger partial charge in [0.05, 0.1) is 10.6 Å². The molecule has 0 bridgehead atoms. The highest BCUT2D eigenvalue weighted by Gasteiger charge is 2.12. The Bertz CT molecular complexity index is 1110. The first-order chi connectivity index (χ1) is 12.6. The van der Waals surface area contributed by atoms with Crippen molar-refractivity contribution in [1.29, 1.82) is 0 Å². The molecule has 0 fully saturated rings. The summed E-state index contributed by atoms with van der Waals surface area (Å²) in [6, 6.07) is 13.2.